The lowest BCUT2D eigenvalue weighted by Crippen LogP contribution is -2.40. The van der Waals surface area contributed by atoms with Gasteiger partial charge in [-0.3, -0.25) is 9.69 Å². The Kier molecular flexibility index (Phi) is 7.11. The van der Waals surface area contributed by atoms with Gasteiger partial charge in [0.2, 0.25) is 0 Å². The molecule has 1 aliphatic heterocycles. The van der Waals surface area contributed by atoms with Crippen molar-refractivity contribution in [2.75, 3.05) is 31.5 Å². The van der Waals surface area contributed by atoms with E-state index in [1.54, 1.807) is 6.20 Å². The third-order valence-corrected chi connectivity index (χ3v) is 6.29. The number of hydrogen-bond acceptors (Lipinski definition) is 4. The van der Waals surface area contributed by atoms with Gasteiger partial charge in [0.15, 0.2) is 0 Å². The normalized spacial score (nSPS) is 21.1. The molecule has 0 bridgehead atoms. The van der Waals surface area contributed by atoms with E-state index in [1.165, 1.54) is 32.1 Å². The van der Waals surface area contributed by atoms with Crippen molar-refractivity contribution in [1.82, 2.24) is 14.8 Å². The van der Waals surface area contributed by atoms with E-state index in [0.29, 0.717) is 17.5 Å². The quantitative estimate of drug-likeness (QED) is 0.848. The summed E-state index contributed by atoms with van der Waals surface area (Å²) in [5, 5.41) is 3.40. The number of hydrogen-bond donors (Lipinski definition) is 1. The maximum Gasteiger partial charge on any atom is 0.255 e. The highest BCUT2D eigenvalue weighted by atomic mass is 16.2. The molecular weight excluding hydrogens is 336 g/mol. The fraction of sp³-hybridized carbons (Fsp3) is 0.727. The van der Waals surface area contributed by atoms with Crippen LogP contribution < -0.4 is 5.32 Å². The zero-order chi connectivity index (χ0) is 19.2. The molecular formula is C22H36N4O. The zero-order valence-corrected chi connectivity index (χ0v) is 17.3. The number of pyridine rings is 1. The topological polar surface area (TPSA) is 48.5 Å². The third kappa shape index (κ3) is 5.44. The molecule has 0 radical (unpaired) electrons. The fourth-order valence-corrected chi connectivity index (χ4v) is 4.14. The molecule has 27 heavy (non-hydrogen) atoms. The SMILES string of the molecule is CC(C)[C@H](C)Nc1ccc(C(=O)N2CCCN(C3CCCCC3)CC2)cn1. The van der Waals surface area contributed by atoms with Crippen molar-refractivity contribution >= 4 is 11.7 Å². The fourth-order valence-electron chi connectivity index (χ4n) is 4.14. The molecule has 150 valence electrons. The summed E-state index contributed by atoms with van der Waals surface area (Å²) in [7, 11) is 0. The van der Waals surface area contributed by atoms with Gasteiger partial charge in [0.05, 0.1) is 5.56 Å². The van der Waals surface area contributed by atoms with Gasteiger partial charge in [0.25, 0.3) is 5.91 Å². The van der Waals surface area contributed by atoms with Crippen LogP contribution >= 0.6 is 0 Å². The zero-order valence-electron chi connectivity index (χ0n) is 17.3. The number of aromatic nitrogens is 1. The van der Waals surface area contributed by atoms with Crippen molar-refractivity contribution in [1.29, 1.82) is 0 Å². The van der Waals surface area contributed by atoms with E-state index in [2.05, 4.69) is 36.0 Å². The van der Waals surface area contributed by atoms with E-state index >= 15 is 0 Å². The molecule has 1 aromatic heterocycles. The van der Waals surface area contributed by atoms with Crippen LogP contribution in [-0.2, 0) is 0 Å². The van der Waals surface area contributed by atoms with Gasteiger partial charge in [0.1, 0.15) is 5.82 Å². The molecule has 0 unspecified atom stereocenters. The second-order valence-corrected chi connectivity index (χ2v) is 8.58. The predicted octanol–water partition coefficient (Wildman–Crippen LogP) is 4.02. The first-order chi connectivity index (χ1) is 13.0. The Hall–Kier alpha value is -1.62. The Morgan fingerprint density at radius 2 is 1.81 bits per heavy atom. The Balaban J connectivity index is 1.55. The first kappa shape index (κ1) is 20.1. The molecule has 1 saturated carbocycles. The molecule has 1 aromatic rings. The standard InChI is InChI=1S/C22H36N4O/c1-17(2)18(3)24-21-11-10-19(16-23-21)22(27)26-13-7-12-25(14-15-26)20-8-5-4-6-9-20/h10-11,16-18,20H,4-9,12-15H2,1-3H3,(H,23,24)/t18-/m0/s1. The summed E-state index contributed by atoms with van der Waals surface area (Å²) in [6.07, 6.45) is 9.59. The van der Waals surface area contributed by atoms with Crippen LogP contribution in [0.1, 0.15) is 69.7 Å². The Bertz CT molecular complexity index is 595. The summed E-state index contributed by atoms with van der Waals surface area (Å²) in [6.45, 7) is 10.3. The lowest BCUT2D eigenvalue weighted by atomic mass is 9.94. The highest BCUT2D eigenvalue weighted by Gasteiger charge is 2.25. The van der Waals surface area contributed by atoms with E-state index in [9.17, 15) is 4.79 Å². The minimum Gasteiger partial charge on any atom is -0.367 e. The number of amides is 1. The number of nitrogens with one attached hydrogen (secondary N) is 1. The van der Waals surface area contributed by atoms with Crippen molar-refractivity contribution in [3.8, 4) is 0 Å². The van der Waals surface area contributed by atoms with E-state index in [0.717, 1.165) is 44.5 Å². The van der Waals surface area contributed by atoms with Crippen LogP contribution in [-0.4, -0.2) is 59.0 Å². The smallest absolute Gasteiger partial charge is 0.255 e. The van der Waals surface area contributed by atoms with Crippen molar-refractivity contribution in [3.05, 3.63) is 23.9 Å². The Labute approximate surface area is 164 Å². The predicted molar refractivity (Wildman–Crippen MR) is 111 cm³/mol. The van der Waals surface area contributed by atoms with Gasteiger partial charge in [-0.1, -0.05) is 33.1 Å². The molecule has 1 aliphatic carbocycles. The van der Waals surface area contributed by atoms with Gasteiger partial charge in [-0.2, -0.15) is 0 Å². The summed E-state index contributed by atoms with van der Waals surface area (Å²) in [4.78, 5) is 22.0. The molecule has 0 spiro atoms. The molecule has 2 fully saturated rings. The maximum absolute atomic E-state index is 12.9. The van der Waals surface area contributed by atoms with Gasteiger partial charge in [-0.25, -0.2) is 4.98 Å². The van der Waals surface area contributed by atoms with Crippen molar-refractivity contribution < 1.29 is 4.79 Å². The van der Waals surface area contributed by atoms with Crippen LogP contribution in [0.25, 0.3) is 0 Å². The molecule has 2 heterocycles. The summed E-state index contributed by atoms with van der Waals surface area (Å²) >= 11 is 0. The molecule has 3 rings (SSSR count). The molecule has 1 atom stereocenters. The van der Waals surface area contributed by atoms with E-state index < -0.39 is 0 Å². The highest BCUT2D eigenvalue weighted by Crippen LogP contribution is 2.24. The first-order valence-electron chi connectivity index (χ1n) is 10.8. The van der Waals surface area contributed by atoms with Crippen LogP contribution in [0, 0.1) is 5.92 Å². The summed E-state index contributed by atoms with van der Waals surface area (Å²) in [5.41, 5.74) is 0.698. The van der Waals surface area contributed by atoms with Gasteiger partial charge < -0.3 is 10.2 Å². The minimum absolute atomic E-state index is 0.122. The van der Waals surface area contributed by atoms with Gasteiger partial charge in [-0.15, -0.1) is 0 Å². The molecule has 1 saturated heterocycles. The maximum atomic E-state index is 12.9. The van der Waals surface area contributed by atoms with Crippen LogP contribution in [0.2, 0.25) is 0 Å². The summed E-state index contributed by atoms with van der Waals surface area (Å²) in [5.74, 6) is 1.50. The molecule has 2 aliphatic rings. The Morgan fingerprint density at radius 1 is 1.04 bits per heavy atom. The lowest BCUT2D eigenvalue weighted by Gasteiger charge is -2.33. The van der Waals surface area contributed by atoms with E-state index in [1.807, 2.05) is 17.0 Å². The van der Waals surface area contributed by atoms with Crippen LogP contribution in [0.4, 0.5) is 5.82 Å². The van der Waals surface area contributed by atoms with Crippen LogP contribution in [0.15, 0.2) is 18.3 Å². The average molecular weight is 373 g/mol. The number of carbonyl (C=O) groups is 1. The number of rotatable bonds is 5. The molecule has 0 aromatic carbocycles. The summed E-state index contributed by atoms with van der Waals surface area (Å²) in [6, 6.07) is 4.94. The lowest BCUT2D eigenvalue weighted by molar-refractivity contribution is 0.0754. The van der Waals surface area contributed by atoms with Gasteiger partial charge in [0, 0.05) is 44.5 Å². The monoisotopic (exact) mass is 372 g/mol. The first-order valence-corrected chi connectivity index (χ1v) is 10.8. The Morgan fingerprint density at radius 3 is 2.48 bits per heavy atom. The second kappa shape index (κ2) is 9.54. The number of anilines is 1. The highest BCUT2D eigenvalue weighted by molar-refractivity contribution is 5.94. The van der Waals surface area contributed by atoms with Gasteiger partial charge >= 0.3 is 0 Å². The van der Waals surface area contributed by atoms with Crippen LogP contribution in [0.5, 0.6) is 0 Å². The largest absolute Gasteiger partial charge is 0.367 e. The van der Waals surface area contributed by atoms with Crippen molar-refractivity contribution in [2.45, 2.75) is 71.4 Å². The van der Waals surface area contributed by atoms with Crippen molar-refractivity contribution in [2.24, 2.45) is 5.92 Å². The van der Waals surface area contributed by atoms with E-state index in [4.69, 9.17) is 0 Å². The summed E-state index contributed by atoms with van der Waals surface area (Å²) < 4.78 is 0. The molecule has 1 N–H and O–H groups in total. The number of carbonyl (C=O) groups excluding carboxylic acids is 1. The molecule has 5 nitrogen and oxygen atoms in total. The van der Waals surface area contributed by atoms with Crippen LogP contribution in [0.3, 0.4) is 0 Å². The third-order valence-electron chi connectivity index (χ3n) is 6.29. The second-order valence-electron chi connectivity index (χ2n) is 8.58. The molecule has 1 amide bonds. The number of nitrogens with zero attached hydrogens (tertiary/aromatic N) is 3. The van der Waals surface area contributed by atoms with Gasteiger partial charge in [-0.05, 0) is 44.2 Å². The minimum atomic E-state index is 0.122. The van der Waals surface area contributed by atoms with E-state index in [-0.39, 0.29) is 5.91 Å². The molecule has 5 heteroatoms. The average Bonchev–Trinajstić information content (AvgIpc) is 2.95. The van der Waals surface area contributed by atoms with Crippen molar-refractivity contribution in [3.63, 3.8) is 0 Å².